The maximum atomic E-state index is 9.32. The van der Waals surface area contributed by atoms with Crippen molar-refractivity contribution in [2.45, 2.75) is 77.2 Å². The van der Waals surface area contributed by atoms with Gasteiger partial charge in [0.05, 0.1) is 2.74 Å². The molecule has 0 aromatic rings. The minimum atomic E-state index is -4.25. The van der Waals surface area contributed by atoms with E-state index in [1.165, 1.54) is 0 Å². The molecule has 0 rings (SSSR count). The maximum absolute atomic E-state index is 9.32. The minimum absolute atomic E-state index is 0.128. The molecule has 0 aliphatic heterocycles. The van der Waals surface area contributed by atoms with Gasteiger partial charge < -0.3 is 5.11 Å². The standard InChI is InChI=1S/C13H28O/c1-2-3-4-5-6-7-8-9-10-11-12-13-14/h14H,2-13H2,1H3/i6D2,7D2,8D2,9D2,10D2,11D2,12D2,13D2. The van der Waals surface area contributed by atoms with E-state index >= 15 is 0 Å². The number of unbranched alkanes of at least 4 members (excludes halogenated alkanes) is 2. The summed E-state index contributed by atoms with van der Waals surface area (Å²) in [5.41, 5.74) is 0. The predicted molar refractivity (Wildman–Crippen MR) is 63.5 cm³/mol. The van der Waals surface area contributed by atoms with Crippen LogP contribution in [0.5, 0.6) is 0 Å². The summed E-state index contributed by atoms with van der Waals surface area (Å²) < 4.78 is 124. The number of aliphatic hydroxyl groups is 1. The van der Waals surface area contributed by atoms with Gasteiger partial charge in [-0.15, -0.1) is 0 Å². The van der Waals surface area contributed by atoms with Crippen LogP contribution in [0.3, 0.4) is 0 Å². The van der Waals surface area contributed by atoms with E-state index in [4.69, 9.17) is 21.9 Å². The molecular weight excluding hydrogens is 172 g/mol. The Kier molecular flexibility index (Phi) is 2.59. The van der Waals surface area contributed by atoms with Crippen LogP contribution < -0.4 is 0 Å². The number of rotatable bonds is 11. The normalized spacial score (nSPS) is 35.9. The number of hydrogen-bond donors (Lipinski definition) is 1. The van der Waals surface area contributed by atoms with Crippen LogP contribution >= 0.6 is 0 Å². The lowest BCUT2D eigenvalue weighted by Gasteiger charge is -2.01. The highest BCUT2D eigenvalue weighted by Gasteiger charge is 1.91. The number of hydrogen-bond acceptors (Lipinski definition) is 1. The SMILES string of the molecule is [2H]C([2H])(O)C([2H])([2H])C([2H])([2H])C([2H])([2H])C([2H])([2H])C([2H])([2H])C([2H])([2H])C([2H])([2H])CCCCC. The molecule has 0 spiro atoms. The van der Waals surface area contributed by atoms with Crippen LogP contribution in [-0.4, -0.2) is 11.7 Å². The lowest BCUT2D eigenvalue weighted by atomic mass is 10.1. The zero-order chi connectivity index (χ0) is 24.8. The third-order valence-corrected chi connectivity index (χ3v) is 1.36. The van der Waals surface area contributed by atoms with Crippen LogP contribution in [0.15, 0.2) is 0 Å². The monoisotopic (exact) mass is 216 g/mol. The highest BCUT2D eigenvalue weighted by molar-refractivity contribution is 4.47. The molecule has 14 heavy (non-hydrogen) atoms. The fourth-order valence-corrected chi connectivity index (χ4v) is 0.723. The van der Waals surface area contributed by atoms with Gasteiger partial charge in [-0.2, -0.15) is 0 Å². The molecule has 0 heterocycles. The molecule has 0 fully saturated rings. The molecule has 1 nitrogen and oxygen atoms in total. The second-order valence-corrected chi connectivity index (χ2v) is 2.50. The second-order valence-electron chi connectivity index (χ2n) is 2.50. The van der Waals surface area contributed by atoms with E-state index in [-0.39, 0.29) is 6.42 Å². The zero-order valence-corrected chi connectivity index (χ0v) is 8.28. The van der Waals surface area contributed by atoms with Crippen molar-refractivity contribution in [1.29, 1.82) is 0 Å². The van der Waals surface area contributed by atoms with Gasteiger partial charge in [-0.3, -0.25) is 0 Å². The summed E-state index contributed by atoms with van der Waals surface area (Å²) in [6, 6.07) is 0. The quantitative estimate of drug-likeness (QED) is 0.511. The molecule has 0 amide bonds. The maximum Gasteiger partial charge on any atom is 0.0564 e. The largest absolute Gasteiger partial charge is 0.396 e. The molecule has 0 saturated heterocycles. The van der Waals surface area contributed by atoms with E-state index in [0.717, 1.165) is 0 Å². The lowest BCUT2D eigenvalue weighted by molar-refractivity contribution is 0.282. The summed E-state index contributed by atoms with van der Waals surface area (Å²) in [5, 5.41) is 9.32. The molecule has 0 unspecified atom stereocenters. The van der Waals surface area contributed by atoms with Crippen molar-refractivity contribution in [2.75, 3.05) is 6.56 Å². The molecule has 0 aliphatic carbocycles. The summed E-state index contributed by atoms with van der Waals surface area (Å²) in [6.07, 6.45) is -26.8. The molecule has 0 saturated carbocycles. The molecule has 1 heteroatoms. The van der Waals surface area contributed by atoms with Crippen LogP contribution in [0.2, 0.25) is 0 Å². The predicted octanol–water partition coefficient (Wildman–Crippen LogP) is 4.29. The van der Waals surface area contributed by atoms with Crippen LogP contribution in [0, 0.1) is 0 Å². The smallest absolute Gasteiger partial charge is 0.0564 e. The first-order chi connectivity index (χ1) is 12.8. The van der Waals surface area contributed by atoms with Gasteiger partial charge in [0.2, 0.25) is 0 Å². The molecule has 0 aromatic heterocycles. The van der Waals surface area contributed by atoms with Gasteiger partial charge in [0.15, 0.2) is 0 Å². The molecule has 0 atom stereocenters. The highest BCUT2D eigenvalue weighted by Crippen LogP contribution is 2.10. The fraction of sp³-hybridized carbons (Fsp3) is 1.00. The Hall–Kier alpha value is -0.0400. The Morgan fingerprint density at radius 1 is 0.786 bits per heavy atom. The van der Waals surface area contributed by atoms with Gasteiger partial charge in [-0.25, -0.2) is 0 Å². The minimum Gasteiger partial charge on any atom is -0.396 e. The average Bonchev–Trinajstić information content (AvgIpc) is 2.52. The first-order valence-electron chi connectivity index (χ1n) is 12.5. The van der Waals surface area contributed by atoms with Crippen molar-refractivity contribution >= 4 is 0 Å². The van der Waals surface area contributed by atoms with Gasteiger partial charge in [-0.1, -0.05) is 70.8 Å². The molecule has 0 bridgehead atoms. The summed E-state index contributed by atoms with van der Waals surface area (Å²) >= 11 is 0. The van der Waals surface area contributed by atoms with Crippen LogP contribution in [-0.2, 0) is 0 Å². The summed E-state index contributed by atoms with van der Waals surface area (Å²) in [4.78, 5) is 0. The summed E-state index contributed by atoms with van der Waals surface area (Å²) in [6.45, 7) is -2.22. The molecule has 1 N–H and O–H groups in total. The van der Waals surface area contributed by atoms with E-state index in [1.807, 2.05) is 0 Å². The Morgan fingerprint density at radius 2 is 1.36 bits per heavy atom. The average molecular weight is 216 g/mol. The highest BCUT2D eigenvalue weighted by atomic mass is 16.2. The third-order valence-electron chi connectivity index (χ3n) is 1.36. The Balaban J connectivity index is 6.48. The first kappa shape index (κ1) is 2.80. The van der Waals surface area contributed by atoms with E-state index in [2.05, 4.69) is 0 Å². The molecule has 86 valence electrons. The van der Waals surface area contributed by atoms with Crippen molar-refractivity contribution in [2.24, 2.45) is 0 Å². The molecule has 0 aliphatic rings. The summed E-state index contributed by atoms with van der Waals surface area (Å²) in [7, 11) is 0. The Morgan fingerprint density at radius 3 is 1.93 bits per heavy atom. The van der Waals surface area contributed by atoms with Gasteiger partial charge in [0.1, 0.15) is 0 Å². The van der Waals surface area contributed by atoms with Gasteiger partial charge in [-0.05, 0) is 6.37 Å². The van der Waals surface area contributed by atoms with E-state index in [9.17, 15) is 5.11 Å². The first-order valence-corrected chi connectivity index (χ1v) is 4.53. The van der Waals surface area contributed by atoms with E-state index in [0.29, 0.717) is 12.8 Å². The Bertz CT molecular complexity index is 590. The van der Waals surface area contributed by atoms with Crippen LogP contribution in [0.4, 0.5) is 0 Å². The van der Waals surface area contributed by atoms with Crippen molar-refractivity contribution in [3.05, 3.63) is 0 Å². The van der Waals surface area contributed by atoms with Crippen molar-refractivity contribution < 1.29 is 27.0 Å². The zero-order valence-electron chi connectivity index (χ0n) is 24.3. The third kappa shape index (κ3) is 12.0. The van der Waals surface area contributed by atoms with Crippen LogP contribution in [0.1, 0.15) is 99.1 Å². The summed E-state index contributed by atoms with van der Waals surface area (Å²) in [5.74, 6) is 0. The fourth-order valence-electron chi connectivity index (χ4n) is 0.723. The van der Waals surface area contributed by atoms with Gasteiger partial charge in [0, 0.05) is 25.7 Å². The van der Waals surface area contributed by atoms with Crippen LogP contribution in [0.25, 0.3) is 0 Å². The molecular formula is C13H28O. The van der Waals surface area contributed by atoms with Gasteiger partial charge in [0.25, 0.3) is 0 Å². The molecule has 0 aromatic carbocycles. The van der Waals surface area contributed by atoms with Crippen molar-refractivity contribution in [3.8, 4) is 0 Å². The second kappa shape index (κ2) is 13.0. The van der Waals surface area contributed by atoms with E-state index in [1.54, 1.807) is 6.92 Å². The van der Waals surface area contributed by atoms with Gasteiger partial charge >= 0.3 is 0 Å². The topological polar surface area (TPSA) is 20.2 Å². The van der Waals surface area contributed by atoms with Crippen molar-refractivity contribution in [3.63, 3.8) is 0 Å². The Labute approximate surface area is 112 Å². The lowest BCUT2D eigenvalue weighted by Crippen LogP contribution is -1.84. The molecule has 0 radical (unpaired) electrons. The van der Waals surface area contributed by atoms with E-state index < -0.39 is 57.6 Å². The van der Waals surface area contributed by atoms with Crippen molar-refractivity contribution in [1.82, 2.24) is 0 Å².